The molecule has 0 fully saturated rings. The molecule has 0 aliphatic carbocycles. The molecule has 0 amide bonds. The topological polar surface area (TPSA) is 35.5 Å². The maximum atomic E-state index is 11.3. The number of cyclic esters (lactones) is 1. The smallest absolute Gasteiger partial charge is 0.341 e. The first-order chi connectivity index (χ1) is 6.24. The molecule has 2 rings (SSSR count). The molecule has 1 heterocycles. The molecule has 0 aromatic heterocycles. The first-order valence-corrected chi connectivity index (χ1v) is 4.07. The minimum absolute atomic E-state index is 0.300. The van der Waals surface area contributed by atoms with Crippen LogP contribution in [0.4, 0.5) is 0 Å². The SMILES string of the molecule is COC1OC(=O)c2cccc(C)c21. The van der Waals surface area contributed by atoms with E-state index < -0.39 is 6.29 Å². The van der Waals surface area contributed by atoms with Crippen molar-refractivity contribution in [1.29, 1.82) is 0 Å². The molecule has 68 valence electrons. The first-order valence-electron chi connectivity index (χ1n) is 4.07. The van der Waals surface area contributed by atoms with Gasteiger partial charge in [-0.3, -0.25) is 0 Å². The fraction of sp³-hybridized carbons (Fsp3) is 0.300. The number of hydrogen-bond donors (Lipinski definition) is 0. The molecule has 0 saturated heterocycles. The number of methoxy groups -OCH3 is 1. The second kappa shape index (κ2) is 2.85. The second-order valence-corrected chi connectivity index (χ2v) is 3.01. The van der Waals surface area contributed by atoms with Gasteiger partial charge < -0.3 is 9.47 Å². The van der Waals surface area contributed by atoms with Gasteiger partial charge in [0.1, 0.15) is 0 Å². The van der Waals surface area contributed by atoms with Crippen molar-refractivity contribution in [3.63, 3.8) is 0 Å². The molecule has 1 aliphatic heterocycles. The van der Waals surface area contributed by atoms with Crippen LogP contribution in [-0.2, 0) is 9.47 Å². The number of carbonyl (C=O) groups excluding carboxylic acids is 1. The van der Waals surface area contributed by atoms with E-state index in [0.717, 1.165) is 11.1 Å². The third kappa shape index (κ3) is 1.12. The summed E-state index contributed by atoms with van der Waals surface area (Å²) in [6.07, 6.45) is -0.524. The molecule has 3 heteroatoms. The van der Waals surface area contributed by atoms with E-state index in [4.69, 9.17) is 9.47 Å². The quantitative estimate of drug-likeness (QED) is 0.615. The average molecular weight is 178 g/mol. The maximum absolute atomic E-state index is 11.3. The van der Waals surface area contributed by atoms with Gasteiger partial charge in [0.05, 0.1) is 5.56 Å². The predicted molar refractivity (Wildman–Crippen MR) is 46.3 cm³/mol. The maximum Gasteiger partial charge on any atom is 0.341 e. The monoisotopic (exact) mass is 178 g/mol. The van der Waals surface area contributed by atoms with Gasteiger partial charge in [0.25, 0.3) is 0 Å². The van der Waals surface area contributed by atoms with E-state index in [1.807, 2.05) is 19.1 Å². The van der Waals surface area contributed by atoms with Crippen LogP contribution in [0.5, 0.6) is 0 Å². The van der Waals surface area contributed by atoms with Gasteiger partial charge in [0, 0.05) is 12.7 Å². The summed E-state index contributed by atoms with van der Waals surface area (Å²) in [6, 6.07) is 5.53. The molecule has 0 bridgehead atoms. The minimum atomic E-state index is -0.524. The van der Waals surface area contributed by atoms with E-state index in [9.17, 15) is 4.79 Å². The Hall–Kier alpha value is -1.35. The summed E-state index contributed by atoms with van der Waals surface area (Å²) < 4.78 is 10.0. The van der Waals surface area contributed by atoms with Crippen molar-refractivity contribution in [3.05, 3.63) is 34.9 Å². The molecular weight excluding hydrogens is 168 g/mol. The van der Waals surface area contributed by atoms with Crippen molar-refractivity contribution in [3.8, 4) is 0 Å². The van der Waals surface area contributed by atoms with Crippen molar-refractivity contribution < 1.29 is 14.3 Å². The molecule has 3 nitrogen and oxygen atoms in total. The Bertz CT molecular complexity index is 357. The Morgan fingerprint density at radius 3 is 2.92 bits per heavy atom. The average Bonchev–Trinajstić information content (AvgIpc) is 2.45. The summed E-state index contributed by atoms with van der Waals surface area (Å²) in [5.74, 6) is -0.300. The normalized spacial score (nSPS) is 19.8. The molecule has 1 aromatic carbocycles. The highest BCUT2D eigenvalue weighted by atomic mass is 16.7. The number of ether oxygens (including phenoxy) is 2. The van der Waals surface area contributed by atoms with Gasteiger partial charge in [-0.2, -0.15) is 0 Å². The second-order valence-electron chi connectivity index (χ2n) is 3.01. The molecule has 0 spiro atoms. The number of benzene rings is 1. The van der Waals surface area contributed by atoms with E-state index in [1.54, 1.807) is 6.07 Å². The third-order valence-electron chi connectivity index (χ3n) is 2.21. The summed E-state index contributed by atoms with van der Waals surface area (Å²) in [4.78, 5) is 11.3. The Morgan fingerprint density at radius 2 is 2.23 bits per heavy atom. The lowest BCUT2D eigenvalue weighted by molar-refractivity contribution is -0.0818. The molecule has 13 heavy (non-hydrogen) atoms. The van der Waals surface area contributed by atoms with Crippen molar-refractivity contribution >= 4 is 5.97 Å². The molecule has 1 aromatic rings. The van der Waals surface area contributed by atoms with Crippen LogP contribution in [0.25, 0.3) is 0 Å². The molecule has 1 aliphatic rings. The van der Waals surface area contributed by atoms with Crippen LogP contribution in [-0.4, -0.2) is 13.1 Å². The molecule has 0 saturated carbocycles. The molecule has 1 atom stereocenters. The number of aryl methyl sites for hydroxylation is 1. The fourth-order valence-electron chi connectivity index (χ4n) is 1.56. The number of hydrogen-bond acceptors (Lipinski definition) is 3. The van der Waals surface area contributed by atoms with Crippen LogP contribution in [0.3, 0.4) is 0 Å². The van der Waals surface area contributed by atoms with Crippen LogP contribution in [0.1, 0.15) is 27.8 Å². The van der Waals surface area contributed by atoms with Gasteiger partial charge in [-0.1, -0.05) is 12.1 Å². The third-order valence-corrected chi connectivity index (χ3v) is 2.21. The van der Waals surface area contributed by atoms with Gasteiger partial charge in [0.2, 0.25) is 6.29 Å². The Kier molecular flexibility index (Phi) is 1.81. The van der Waals surface area contributed by atoms with E-state index in [-0.39, 0.29) is 5.97 Å². The van der Waals surface area contributed by atoms with Crippen molar-refractivity contribution in [2.45, 2.75) is 13.2 Å². The van der Waals surface area contributed by atoms with Gasteiger partial charge in [-0.05, 0) is 18.6 Å². The van der Waals surface area contributed by atoms with Crippen LogP contribution in [0.15, 0.2) is 18.2 Å². The van der Waals surface area contributed by atoms with Crippen LogP contribution >= 0.6 is 0 Å². The number of rotatable bonds is 1. The summed E-state index contributed by atoms with van der Waals surface area (Å²) in [5, 5.41) is 0. The van der Waals surface area contributed by atoms with Crippen molar-refractivity contribution in [2.75, 3.05) is 7.11 Å². The molecular formula is C10H10O3. The highest BCUT2D eigenvalue weighted by Gasteiger charge is 2.31. The lowest BCUT2D eigenvalue weighted by Gasteiger charge is -2.09. The summed E-state index contributed by atoms with van der Waals surface area (Å²) in [5.41, 5.74) is 2.50. The van der Waals surface area contributed by atoms with Crippen molar-refractivity contribution in [1.82, 2.24) is 0 Å². The predicted octanol–water partition coefficient (Wildman–Crippen LogP) is 1.81. The lowest BCUT2D eigenvalue weighted by atomic mass is 10.0. The van der Waals surface area contributed by atoms with Gasteiger partial charge in [-0.25, -0.2) is 4.79 Å². The zero-order valence-corrected chi connectivity index (χ0v) is 7.53. The summed E-state index contributed by atoms with van der Waals surface area (Å²) >= 11 is 0. The number of fused-ring (bicyclic) bond motifs is 1. The van der Waals surface area contributed by atoms with Crippen molar-refractivity contribution in [2.24, 2.45) is 0 Å². The first kappa shape index (κ1) is 8.26. The largest absolute Gasteiger partial charge is 0.428 e. The standard InChI is InChI=1S/C10H10O3/c1-6-4-3-5-7-8(6)10(12-2)13-9(7)11/h3-5,10H,1-2H3. The van der Waals surface area contributed by atoms with Crippen LogP contribution in [0, 0.1) is 6.92 Å². The van der Waals surface area contributed by atoms with E-state index in [2.05, 4.69) is 0 Å². The Labute approximate surface area is 76.3 Å². The molecule has 1 unspecified atom stereocenters. The zero-order valence-electron chi connectivity index (χ0n) is 7.53. The van der Waals surface area contributed by atoms with Gasteiger partial charge in [0.15, 0.2) is 0 Å². The minimum Gasteiger partial charge on any atom is -0.428 e. The highest BCUT2D eigenvalue weighted by Crippen LogP contribution is 2.33. The molecule has 0 N–H and O–H groups in total. The number of carbonyl (C=O) groups is 1. The zero-order chi connectivity index (χ0) is 9.42. The van der Waals surface area contributed by atoms with E-state index >= 15 is 0 Å². The van der Waals surface area contributed by atoms with Crippen LogP contribution < -0.4 is 0 Å². The highest BCUT2D eigenvalue weighted by molar-refractivity contribution is 5.94. The van der Waals surface area contributed by atoms with Gasteiger partial charge in [-0.15, -0.1) is 0 Å². The van der Waals surface area contributed by atoms with Crippen LogP contribution in [0.2, 0.25) is 0 Å². The Balaban J connectivity index is 2.58. The number of esters is 1. The summed E-state index contributed by atoms with van der Waals surface area (Å²) in [6.45, 7) is 1.94. The Morgan fingerprint density at radius 1 is 1.46 bits per heavy atom. The lowest BCUT2D eigenvalue weighted by Crippen LogP contribution is -2.01. The molecule has 0 radical (unpaired) electrons. The van der Waals surface area contributed by atoms with E-state index in [0.29, 0.717) is 5.56 Å². The fourth-order valence-corrected chi connectivity index (χ4v) is 1.56. The van der Waals surface area contributed by atoms with Gasteiger partial charge >= 0.3 is 5.97 Å². The van der Waals surface area contributed by atoms with E-state index in [1.165, 1.54) is 7.11 Å². The summed E-state index contributed by atoms with van der Waals surface area (Å²) in [7, 11) is 1.53.